The lowest BCUT2D eigenvalue weighted by Gasteiger charge is -2.04. The van der Waals surface area contributed by atoms with Gasteiger partial charge in [-0.25, -0.2) is 0 Å². The molecule has 0 fully saturated rings. The van der Waals surface area contributed by atoms with Crippen LogP contribution in [0.1, 0.15) is 38.2 Å². The second-order valence-electron chi connectivity index (χ2n) is 4.19. The summed E-state index contributed by atoms with van der Waals surface area (Å²) in [7, 11) is 0. The second kappa shape index (κ2) is 8.13. The highest BCUT2D eigenvalue weighted by Crippen LogP contribution is 2.12. The Labute approximate surface area is 108 Å². The van der Waals surface area contributed by atoms with Gasteiger partial charge in [0.15, 0.2) is 0 Å². The lowest BCUT2D eigenvalue weighted by Crippen LogP contribution is -2.23. The minimum absolute atomic E-state index is 0.153. The average molecular weight is 254 g/mol. The summed E-state index contributed by atoms with van der Waals surface area (Å²) in [4.78, 5) is 11.4. The van der Waals surface area contributed by atoms with Crippen molar-refractivity contribution in [3.8, 4) is 0 Å². The van der Waals surface area contributed by atoms with Crippen LogP contribution in [0.5, 0.6) is 0 Å². The highest BCUT2D eigenvalue weighted by molar-refractivity contribution is 6.30. The maximum atomic E-state index is 11.4. The molecule has 17 heavy (non-hydrogen) atoms. The summed E-state index contributed by atoms with van der Waals surface area (Å²) in [5, 5.41) is 3.68. The SMILES string of the molecule is CCCCNC(=O)CCCc1cccc(Cl)c1. The molecule has 0 heterocycles. The summed E-state index contributed by atoms with van der Waals surface area (Å²) >= 11 is 5.89. The molecule has 0 aliphatic carbocycles. The van der Waals surface area contributed by atoms with Gasteiger partial charge in [-0.05, 0) is 37.0 Å². The van der Waals surface area contributed by atoms with Crippen molar-refractivity contribution in [2.75, 3.05) is 6.54 Å². The highest BCUT2D eigenvalue weighted by atomic mass is 35.5. The Kier molecular flexibility index (Phi) is 6.71. The van der Waals surface area contributed by atoms with Crippen LogP contribution >= 0.6 is 11.6 Å². The largest absolute Gasteiger partial charge is 0.356 e. The van der Waals surface area contributed by atoms with E-state index in [0.29, 0.717) is 6.42 Å². The molecular weight excluding hydrogens is 234 g/mol. The number of carbonyl (C=O) groups is 1. The predicted octanol–water partition coefficient (Wildman–Crippen LogP) is 3.58. The van der Waals surface area contributed by atoms with Crippen LogP contribution in [0.3, 0.4) is 0 Å². The van der Waals surface area contributed by atoms with E-state index in [2.05, 4.69) is 12.2 Å². The quantitative estimate of drug-likeness (QED) is 0.740. The molecule has 1 rings (SSSR count). The Bertz CT molecular complexity index is 352. The van der Waals surface area contributed by atoms with Crippen molar-refractivity contribution in [1.82, 2.24) is 5.32 Å². The molecule has 1 aromatic rings. The summed E-state index contributed by atoms with van der Waals surface area (Å²) in [6.45, 7) is 2.91. The number of aryl methyl sites for hydroxylation is 1. The maximum Gasteiger partial charge on any atom is 0.220 e. The van der Waals surface area contributed by atoms with Crippen LogP contribution in [0.4, 0.5) is 0 Å². The number of hydrogen-bond acceptors (Lipinski definition) is 1. The van der Waals surface area contributed by atoms with Crippen molar-refractivity contribution in [3.63, 3.8) is 0 Å². The summed E-state index contributed by atoms with van der Waals surface area (Å²) < 4.78 is 0. The fourth-order valence-corrected chi connectivity index (χ4v) is 1.85. The number of rotatable bonds is 7. The molecule has 0 bridgehead atoms. The normalized spacial score (nSPS) is 10.2. The van der Waals surface area contributed by atoms with Gasteiger partial charge in [-0.15, -0.1) is 0 Å². The number of hydrogen-bond donors (Lipinski definition) is 1. The third-order valence-corrected chi connectivity index (χ3v) is 2.85. The number of benzene rings is 1. The zero-order valence-corrected chi connectivity index (χ0v) is 11.1. The van der Waals surface area contributed by atoms with E-state index >= 15 is 0 Å². The summed E-state index contributed by atoms with van der Waals surface area (Å²) in [5.41, 5.74) is 1.19. The molecule has 0 radical (unpaired) electrons. The molecule has 0 aliphatic heterocycles. The summed E-state index contributed by atoms with van der Waals surface area (Å²) in [6, 6.07) is 7.80. The van der Waals surface area contributed by atoms with E-state index in [4.69, 9.17) is 11.6 Å². The van der Waals surface area contributed by atoms with Gasteiger partial charge in [0.1, 0.15) is 0 Å². The number of nitrogens with one attached hydrogen (secondary N) is 1. The lowest BCUT2D eigenvalue weighted by atomic mass is 10.1. The molecule has 1 N–H and O–H groups in total. The van der Waals surface area contributed by atoms with Gasteiger partial charge in [0.25, 0.3) is 0 Å². The molecule has 0 saturated carbocycles. The Morgan fingerprint density at radius 3 is 2.88 bits per heavy atom. The first kappa shape index (κ1) is 14.0. The summed E-state index contributed by atoms with van der Waals surface area (Å²) in [5.74, 6) is 0.153. The molecule has 0 unspecified atom stereocenters. The van der Waals surface area contributed by atoms with E-state index in [0.717, 1.165) is 37.3 Å². The molecule has 0 aliphatic rings. The van der Waals surface area contributed by atoms with Crippen LogP contribution in [0.15, 0.2) is 24.3 Å². The zero-order chi connectivity index (χ0) is 12.5. The van der Waals surface area contributed by atoms with E-state index in [-0.39, 0.29) is 5.91 Å². The Morgan fingerprint density at radius 1 is 1.35 bits per heavy atom. The van der Waals surface area contributed by atoms with Crippen molar-refractivity contribution in [2.24, 2.45) is 0 Å². The fraction of sp³-hybridized carbons (Fsp3) is 0.500. The molecule has 3 heteroatoms. The van der Waals surface area contributed by atoms with Crippen molar-refractivity contribution < 1.29 is 4.79 Å². The van der Waals surface area contributed by atoms with Gasteiger partial charge in [0, 0.05) is 18.0 Å². The number of carbonyl (C=O) groups excluding carboxylic acids is 1. The zero-order valence-electron chi connectivity index (χ0n) is 10.3. The van der Waals surface area contributed by atoms with E-state index in [9.17, 15) is 4.79 Å². The van der Waals surface area contributed by atoms with Gasteiger partial charge in [0.05, 0.1) is 0 Å². The van der Waals surface area contributed by atoms with Crippen LogP contribution in [0, 0.1) is 0 Å². The van der Waals surface area contributed by atoms with Gasteiger partial charge in [-0.1, -0.05) is 37.1 Å². The van der Waals surface area contributed by atoms with Crippen LogP contribution in [0.25, 0.3) is 0 Å². The van der Waals surface area contributed by atoms with E-state index in [1.54, 1.807) is 0 Å². The van der Waals surface area contributed by atoms with E-state index < -0.39 is 0 Å². The number of unbranched alkanes of at least 4 members (excludes halogenated alkanes) is 1. The first-order valence-corrected chi connectivity index (χ1v) is 6.61. The van der Waals surface area contributed by atoms with Gasteiger partial charge in [-0.3, -0.25) is 4.79 Å². The average Bonchev–Trinajstić information content (AvgIpc) is 2.29. The Hall–Kier alpha value is -1.02. The number of amides is 1. The number of halogens is 1. The standard InChI is InChI=1S/C14H20ClNO/c1-2-3-10-16-14(17)9-5-7-12-6-4-8-13(15)11-12/h4,6,8,11H,2-3,5,7,9-10H2,1H3,(H,16,17). The smallest absolute Gasteiger partial charge is 0.220 e. The molecule has 0 saturated heterocycles. The molecular formula is C14H20ClNO. The predicted molar refractivity (Wildman–Crippen MR) is 72.3 cm³/mol. The first-order valence-electron chi connectivity index (χ1n) is 6.23. The maximum absolute atomic E-state index is 11.4. The fourth-order valence-electron chi connectivity index (χ4n) is 1.64. The van der Waals surface area contributed by atoms with Crippen molar-refractivity contribution in [2.45, 2.75) is 39.0 Å². The lowest BCUT2D eigenvalue weighted by molar-refractivity contribution is -0.121. The third kappa shape index (κ3) is 6.32. The second-order valence-corrected chi connectivity index (χ2v) is 4.62. The molecule has 1 aromatic carbocycles. The van der Waals surface area contributed by atoms with Crippen LogP contribution in [-0.2, 0) is 11.2 Å². The van der Waals surface area contributed by atoms with Crippen LogP contribution in [0.2, 0.25) is 5.02 Å². The van der Waals surface area contributed by atoms with Gasteiger partial charge < -0.3 is 5.32 Å². The topological polar surface area (TPSA) is 29.1 Å². The minimum Gasteiger partial charge on any atom is -0.356 e. The van der Waals surface area contributed by atoms with Crippen molar-refractivity contribution in [1.29, 1.82) is 0 Å². The van der Waals surface area contributed by atoms with E-state index in [1.165, 1.54) is 5.56 Å². The third-order valence-electron chi connectivity index (χ3n) is 2.61. The highest BCUT2D eigenvalue weighted by Gasteiger charge is 2.01. The molecule has 0 spiro atoms. The van der Waals surface area contributed by atoms with Crippen LogP contribution in [-0.4, -0.2) is 12.5 Å². The van der Waals surface area contributed by atoms with E-state index in [1.807, 2.05) is 24.3 Å². The monoisotopic (exact) mass is 253 g/mol. The Balaban J connectivity index is 2.17. The molecule has 0 atom stereocenters. The van der Waals surface area contributed by atoms with Crippen LogP contribution < -0.4 is 5.32 Å². The van der Waals surface area contributed by atoms with Gasteiger partial charge in [0.2, 0.25) is 5.91 Å². The molecule has 1 amide bonds. The van der Waals surface area contributed by atoms with Gasteiger partial charge >= 0.3 is 0 Å². The minimum atomic E-state index is 0.153. The summed E-state index contributed by atoms with van der Waals surface area (Å²) in [6.07, 6.45) is 4.54. The molecule has 2 nitrogen and oxygen atoms in total. The Morgan fingerprint density at radius 2 is 2.18 bits per heavy atom. The van der Waals surface area contributed by atoms with Gasteiger partial charge in [-0.2, -0.15) is 0 Å². The molecule has 0 aromatic heterocycles. The van der Waals surface area contributed by atoms with Crippen molar-refractivity contribution >= 4 is 17.5 Å². The van der Waals surface area contributed by atoms with Crippen molar-refractivity contribution in [3.05, 3.63) is 34.9 Å². The molecule has 94 valence electrons. The first-order chi connectivity index (χ1) is 8.22.